The van der Waals surface area contributed by atoms with E-state index >= 15 is 0 Å². The van der Waals surface area contributed by atoms with Crippen LogP contribution in [0.4, 0.5) is 0 Å². The van der Waals surface area contributed by atoms with Crippen molar-refractivity contribution in [2.75, 3.05) is 0 Å². The van der Waals surface area contributed by atoms with E-state index in [-0.39, 0.29) is 51.5 Å². The van der Waals surface area contributed by atoms with E-state index < -0.39 is 17.9 Å². The summed E-state index contributed by atoms with van der Waals surface area (Å²) in [6, 6.07) is 15.7. The summed E-state index contributed by atoms with van der Waals surface area (Å²) < 4.78 is 0. The van der Waals surface area contributed by atoms with E-state index in [9.17, 15) is 14.7 Å². The first-order valence-corrected chi connectivity index (χ1v) is 12.9. The van der Waals surface area contributed by atoms with Crippen LogP contribution in [0.15, 0.2) is 54.6 Å². The van der Waals surface area contributed by atoms with Crippen LogP contribution in [0.2, 0.25) is 0 Å². The van der Waals surface area contributed by atoms with E-state index in [4.69, 9.17) is 5.73 Å². The number of pyridine rings is 1. The molecule has 0 unspecified atom stereocenters. The predicted octanol–water partition coefficient (Wildman–Crippen LogP) is 4.90. The summed E-state index contributed by atoms with van der Waals surface area (Å²) in [6.07, 6.45) is 7.92. The number of phenolic OH excluding ortho intramolecular Hbond substituents is 1. The van der Waals surface area contributed by atoms with E-state index in [1.807, 2.05) is 24.3 Å². The van der Waals surface area contributed by atoms with Gasteiger partial charge in [-0.25, -0.2) is 4.98 Å². The summed E-state index contributed by atoms with van der Waals surface area (Å²) in [6.45, 7) is 0. The van der Waals surface area contributed by atoms with Crippen LogP contribution in [-0.4, -0.2) is 27.9 Å². The van der Waals surface area contributed by atoms with Gasteiger partial charge in [0.15, 0.2) is 0 Å². The maximum Gasteiger partial charge on any atom is 0.288 e. The van der Waals surface area contributed by atoms with Gasteiger partial charge in [0.2, 0.25) is 0 Å². The molecular formula is C29H34Br2N4O3. The van der Waals surface area contributed by atoms with Gasteiger partial charge in [0.25, 0.3) is 11.8 Å². The molecule has 0 radical (unpaired) electrons. The lowest BCUT2D eigenvalue weighted by atomic mass is 9.48. The fourth-order valence-corrected chi connectivity index (χ4v) is 7.42. The Kier molecular flexibility index (Phi) is 8.49. The van der Waals surface area contributed by atoms with Crippen molar-refractivity contribution in [2.24, 2.45) is 23.5 Å². The summed E-state index contributed by atoms with van der Waals surface area (Å²) in [7, 11) is 0. The molecule has 7 nitrogen and oxygen atoms in total. The number of fused-ring (bicyclic) bond motifs is 1. The minimum Gasteiger partial charge on any atom is -0.508 e. The lowest BCUT2D eigenvalue weighted by Gasteiger charge is -2.57. The summed E-state index contributed by atoms with van der Waals surface area (Å²) in [4.78, 5) is 30.3. The standard InChI is InChI=1S/C29H32N4O3.2BrH/c30-24(12-17-5-7-21(34)8-6-17)27(35)32-33-28(36)26-13-23(22-3-1-2-4-25(22)31-26)29-14-18-9-19(15-29)11-20(10-18)16-29;;/h1-8,13,18-20,24,34H,9-12,14-16,30H2,(H,32,35)(H,33,36);2*1H/t18?,19?,20?,24-,29?;;/m0../s1. The molecule has 38 heavy (non-hydrogen) atoms. The smallest absolute Gasteiger partial charge is 0.288 e. The third-order valence-electron chi connectivity index (χ3n) is 8.59. The Morgan fingerprint density at radius 3 is 2.18 bits per heavy atom. The minimum absolute atomic E-state index is 0. The van der Waals surface area contributed by atoms with Crippen molar-refractivity contribution >= 4 is 56.7 Å². The number of halogens is 2. The van der Waals surface area contributed by atoms with Gasteiger partial charge in [0.1, 0.15) is 11.4 Å². The van der Waals surface area contributed by atoms with Crippen LogP contribution in [0.3, 0.4) is 0 Å². The highest BCUT2D eigenvalue weighted by atomic mass is 79.9. The average molecular weight is 646 g/mol. The number of hydrogen-bond acceptors (Lipinski definition) is 5. The number of hydrazine groups is 1. The third-order valence-corrected chi connectivity index (χ3v) is 8.59. The van der Waals surface area contributed by atoms with E-state index in [0.717, 1.165) is 34.2 Å². The second-order valence-electron chi connectivity index (χ2n) is 11.2. The largest absolute Gasteiger partial charge is 0.508 e. The number of aromatic nitrogens is 1. The van der Waals surface area contributed by atoms with Crippen molar-refractivity contribution in [3.05, 3.63) is 71.4 Å². The summed E-state index contributed by atoms with van der Waals surface area (Å²) in [5.41, 5.74) is 14.3. The topological polar surface area (TPSA) is 117 Å². The molecule has 1 atom stereocenters. The Bertz CT molecular complexity index is 1300. The van der Waals surface area contributed by atoms with Crippen LogP contribution >= 0.6 is 34.0 Å². The van der Waals surface area contributed by atoms with Gasteiger partial charge in [-0.2, -0.15) is 0 Å². The molecule has 7 rings (SSSR count). The van der Waals surface area contributed by atoms with Gasteiger partial charge >= 0.3 is 0 Å². The molecule has 1 aromatic heterocycles. The predicted molar refractivity (Wildman–Crippen MR) is 158 cm³/mol. The Balaban J connectivity index is 0.00000168. The Hall–Kier alpha value is -2.49. The first-order chi connectivity index (χ1) is 17.4. The molecule has 0 aliphatic heterocycles. The van der Waals surface area contributed by atoms with Crippen LogP contribution in [0.25, 0.3) is 10.9 Å². The fourth-order valence-electron chi connectivity index (χ4n) is 7.42. The highest BCUT2D eigenvalue weighted by molar-refractivity contribution is 8.93. The first kappa shape index (κ1) is 28.5. The molecule has 0 saturated heterocycles. The van der Waals surface area contributed by atoms with Crippen LogP contribution in [0.1, 0.15) is 60.1 Å². The summed E-state index contributed by atoms with van der Waals surface area (Å²) in [5.74, 6) is 1.58. The van der Waals surface area contributed by atoms with Crippen molar-refractivity contribution in [1.82, 2.24) is 15.8 Å². The van der Waals surface area contributed by atoms with Gasteiger partial charge in [0, 0.05) is 5.39 Å². The number of amides is 2. The molecule has 9 heteroatoms. The van der Waals surface area contributed by atoms with Crippen LogP contribution in [0, 0.1) is 17.8 Å². The van der Waals surface area contributed by atoms with Crippen molar-refractivity contribution in [3.63, 3.8) is 0 Å². The maximum atomic E-state index is 13.1. The lowest BCUT2D eigenvalue weighted by Crippen LogP contribution is -2.50. The van der Waals surface area contributed by atoms with Gasteiger partial charge in [0.05, 0.1) is 11.6 Å². The number of benzene rings is 2. The number of aromatic hydroxyl groups is 1. The van der Waals surface area contributed by atoms with Crippen LogP contribution in [-0.2, 0) is 16.6 Å². The molecule has 4 fully saturated rings. The molecule has 2 amide bonds. The molecule has 2 aromatic carbocycles. The second kappa shape index (κ2) is 11.3. The zero-order valence-electron chi connectivity index (χ0n) is 21.1. The van der Waals surface area contributed by atoms with Gasteiger partial charge in [-0.1, -0.05) is 30.3 Å². The minimum atomic E-state index is -0.845. The molecule has 202 valence electrons. The van der Waals surface area contributed by atoms with Crippen molar-refractivity contribution < 1.29 is 14.7 Å². The van der Waals surface area contributed by atoms with E-state index in [1.54, 1.807) is 24.3 Å². The highest BCUT2D eigenvalue weighted by Crippen LogP contribution is 2.61. The van der Waals surface area contributed by atoms with Crippen molar-refractivity contribution in [1.29, 1.82) is 0 Å². The Morgan fingerprint density at radius 2 is 1.55 bits per heavy atom. The lowest BCUT2D eigenvalue weighted by molar-refractivity contribution is -0.123. The number of rotatable bonds is 5. The molecule has 5 N–H and O–H groups in total. The monoisotopic (exact) mass is 644 g/mol. The molecule has 1 heterocycles. The average Bonchev–Trinajstić information content (AvgIpc) is 2.87. The van der Waals surface area contributed by atoms with Gasteiger partial charge in [-0.15, -0.1) is 34.0 Å². The summed E-state index contributed by atoms with van der Waals surface area (Å²) in [5, 5.41) is 10.6. The van der Waals surface area contributed by atoms with Crippen LogP contribution in [0.5, 0.6) is 5.75 Å². The van der Waals surface area contributed by atoms with E-state index in [1.165, 1.54) is 44.1 Å². The Morgan fingerprint density at radius 1 is 0.947 bits per heavy atom. The fraction of sp³-hybridized carbons (Fsp3) is 0.414. The number of nitrogens with two attached hydrogens (primary N) is 1. The maximum absolute atomic E-state index is 13.1. The zero-order chi connectivity index (χ0) is 24.9. The number of para-hydroxylation sites is 1. The number of nitrogens with one attached hydrogen (secondary N) is 2. The zero-order valence-corrected chi connectivity index (χ0v) is 24.5. The van der Waals surface area contributed by atoms with Crippen molar-refractivity contribution in [3.8, 4) is 5.75 Å². The third kappa shape index (κ3) is 5.46. The number of hydrogen-bond donors (Lipinski definition) is 4. The van der Waals surface area contributed by atoms with Gasteiger partial charge < -0.3 is 10.8 Å². The first-order valence-electron chi connectivity index (χ1n) is 12.9. The van der Waals surface area contributed by atoms with Gasteiger partial charge in [-0.05, 0) is 104 Å². The Labute approximate surface area is 243 Å². The normalized spacial score (nSPS) is 25.7. The molecule has 4 bridgehead atoms. The number of phenols is 1. The van der Waals surface area contributed by atoms with E-state index in [0.29, 0.717) is 5.69 Å². The van der Waals surface area contributed by atoms with Crippen LogP contribution < -0.4 is 16.6 Å². The number of nitrogens with zero attached hydrogens (tertiary/aromatic N) is 1. The van der Waals surface area contributed by atoms with Crippen molar-refractivity contribution in [2.45, 2.75) is 56.4 Å². The molecule has 0 spiro atoms. The SMILES string of the molecule is Br.Br.N[C@@H](Cc1ccc(O)cc1)C(=O)NNC(=O)c1cc(C23CC4CC(CC(C4)C2)C3)c2ccccc2n1. The molecule has 3 aromatic rings. The molecule has 4 aliphatic carbocycles. The number of carbonyl (C=O) groups excluding carboxylic acids is 2. The quantitative estimate of drug-likeness (QED) is 0.295. The molecular weight excluding hydrogens is 612 g/mol. The molecule has 4 saturated carbocycles. The van der Waals surface area contributed by atoms with E-state index in [2.05, 4.69) is 21.9 Å². The summed E-state index contributed by atoms with van der Waals surface area (Å²) >= 11 is 0. The number of carbonyl (C=O) groups is 2. The van der Waals surface area contributed by atoms with Gasteiger partial charge in [-0.3, -0.25) is 20.4 Å². The highest BCUT2D eigenvalue weighted by Gasteiger charge is 2.52. The molecule has 4 aliphatic rings. The second-order valence-corrected chi connectivity index (χ2v) is 11.2.